The van der Waals surface area contributed by atoms with Crippen molar-refractivity contribution in [3.63, 3.8) is 0 Å². The van der Waals surface area contributed by atoms with Crippen LogP contribution in [0.1, 0.15) is 15.9 Å². The van der Waals surface area contributed by atoms with Crippen molar-refractivity contribution in [2.45, 2.75) is 6.92 Å². The minimum Gasteiger partial charge on any atom is -0.478 e. The van der Waals surface area contributed by atoms with Crippen LogP contribution in [0.15, 0.2) is 48.8 Å². The number of hydrogen-bond donors (Lipinski definition) is 1. The molecule has 0 saturated carbocycles. The number of aromatic nitrogens is 2. The van der Waals surface area contributed by atoms with Crippen LogP contribution in [0.25, 0.3) is 10.9 Å². The Morgan fingerprint density at radius 2 is 2.00 bits per heavy atom. The van der Waals surface area contributed by atoms with Gasteiger partial charge >= 0.3 is 5.97 Å². The number of pyridine rings is 2. The van der Waals surface area contributed by atoms with Gasteiger partial charge in [0.05, 0.1) is 5.56 Å². The average Bonchev–Trinajstić information content (AvgIpc) is 2.49. The summed E-state index contributed by atoms with van der Waals surface area (Å²) in [6.07, 6.45) is 2.98. The first-order valence-electron chi connectivity index (χ1n) is 6.36. The van der Waals surface area contributed by atoms with E-state index in [0.29, 0.717) is 17.2 Å². The number of hydrogen-bond acceptors (Lipinski definition) is 4. The van der Waals surface area contributed by atoms with E-state index >= 15 is 0 Å². The number of benzene rings is 1. The summed E-state index contributed by atoms with van der Waals surface area (Å²) in [6.45, 7) is 1.76. The second-order valence-electron chi connectivity index (χ2n) is 4.58. The van der Waals surface area contributed by atoms with E-state index in [1.54, 1.807) is 13.1 Å². The number of rotatable bonds is 3. The standard InChI is InChI=1S/C16H12N2O3/c1-10-8-12(16(19)20)9-18-15(10)21-13-6-2-4-11-5-3-7-17-14(11)13/h2-9H,1H3,(H,19,20). The fourth-order valence-electron chi connectivity index (χ4n) is 2.05. The maximum absolute atomic E-state index is 10.9. The molecule has 0 unspecified atom stereocenters. The van der Waals surface area contributed by atoms with Crippen LogP contribution in [0, 0.1) is 6.92 Å². The molecule has 1 aromatic carbocycles. The molecule has 0 saturated heterocycles. The van der Waals surface area contributed by atoms with Crippen LogP contribution in [0.4, 0.5) is 0 Å². The van der Waals surface area contributed by atoms with Crippen molar-refractivity contribution in [1.82, 2.24) is 9.97 Å². The summed E-state index contributed by atoms with van der Waals surface area (Å²) >= 11 is 0. The molecule has 21 heavy (non-hydrogen) atoms. The van der Waals surface area contributed by atoms with Gasteiger partial charge in [0.15, 0.2) is 5.75 Å². The van der Waals surface area contributed by atoms with Crippen LogP contribution in [-0.4, -0.2) is 21.0 Å². The van der Waals surface area contributed by atoms with Crippen molar-refractivity contribution in [2.24, 2.45) is 0 Å². The van der Waals surface area contributed by atoms with Gasteiger partial charge in [0, 0.05) is 23.3 Å². The maximum Gasteiger partial charge on any atom is 0.337 e. The molecule has 0 radical (unpaired) electrons. The molecular formula is C16H12N2O3. The van der Waals surface area contributed by atoms with E-state index in [4.69, 9.17) is 9.84 Å². The number of ether oxygens (including phenoxy) is 1. The first kappa shape index (κ1) is 13.1. The van der Waals surface area contributed by atoms with Gasteiger partial charge in [0.1, 0.15) is 5.52 Å². The number of aryl methyl sites for hydroxylation is 1. The van der Waals surface area contributed by atoms with Gasteiger partial charge < -0.3 is 9.84 Å². The number of fused-ring (bicyclic) bond motifs is 1. The molecule has 0 bridgehead atoms. The second kappa shape index (κ2) is 5.20. The fourth-order valence-corrected chi connectivity index (χ4v) is 2.05. The van der Waals surface area contributed by atoms with Crippen molar-refractivity contribution >= 4 is 16.9 Å². The van der Waals surface area contributed by atoms with E-state index in [2.05, 4.69) is 9.97 Å². The van der Waals surface area contributed by atoms with Gasteiger partial charge in [-0.25, -0.2) is 9.78 Å². The molecule has 0 aliphatic rings. The molecule has 5 nitrogen and oxygen atoms in total. The van der Waals surface area contributed by atoms with Gasteiger partial charge in [-0.1, -0.05) is 18.2 Å². The third kappa shape index (κ3) is 2.53. The zero-order valence-electron chi connectivity index (χ0n) is 11.3. The first-order chi connectivity index (χ1) is 10.1. The molecule has 3 aromatic rings. The van der Waals surface area contributed by atoms with Crippen molar-refractivity contribution in [1.29, 1.82) is 0 Å². The van der Waals surface area contributed by atoms with E-state index in [-0.39, 0.29) is 5.56 Å². The minimum atomic E-state index is -1.01. The zero-order valence-corrected chi connectivity index (χ0v) is 11.3. The summed E-state index contributed by atoms with van der Waals surface area (Å²) in [4.78, 5) is 19.3. The second-order valence-corrected chi connectivity index (χ2v) is 4.58. The van der Waals surface area contributed by atoms with Gasteiger partial charge in [-0.15, -0.1) is 0 Å². The molecule has 2 heterocycles. The maximum atomic E-state index is 10.9. The Morgan fingerprint density at radius 3 is 2.76 bits per heavy atom. The lowest BCUT2D eigenvalue weighted by atomic mass is 10.2. The van der Waals surface area contributed by atoms with E-state index in [1.807, 2.05) is 30.3 Å². The Kier molecular flexibility index (Phi) is 3.23. The smallest absolute Gasteiger partial charge is 0.337 e. The molecule has 104 valence electrons. The Hall–Kier alpha value is -2.95. The molecule has 3 rings (SSSR count). The largest absolute Gasteiger partial charge is 0.478 e. The van der Waals surface area contributed by atoms with Gasteiger partial charge in [-0.3, -0.25) is 4.98 Å². The number of nitrogens with zero attached hydrogens (tertiary/aromatic N) is 2. The van der Waals surface area contributed by atoms with Crippen molar-refractivity contribution in [2.75, 3.05) is 0 Å². The lowest BCUT2D eigenvalue weighted by Crippen LogP contribution is -2.00. The summed E-state index contributed by atoms with van der Waals surface area (Å²) in [5.74, 6) is -0.0473. The summed E-state index contributed by atoms with van der Waals surface area (Å²) in [5.41, 5.74) is 1.53. The normalized spacial score (nSPS) is 10.5. The number of carboxylic acid groups (broad SMARTS) is 1. The van der Waals surface area contributed by atoms with E-state index < -0.39 is 5.97 Å². The Balaban J connectivity index is 2.01. The summed E-state index contributed by atoms with van der Waals surface area (Å²) in [5, 5.41) is 9.91. The molecule has 0 amide bonds. The highest BCUT2D eigenvalue weighted by atomic mass is 16.5. The predicted molar refractivity (Wildman–Crippen MR) is 77.8 cm³/mol. The van der Waals surface area contributed by atoms with Crippen molar-refractivity contribution < 1.29 is 14.6 Å². The molecule has 0 aliphatic heterocycles. The molecule has 0 atom stereocenters. The van der Waals surface area contributed by atoms with Crippen molar-refractivity contribution in [3.8, 4) is 11.6 Å². The third-order valence-electron chi connectivity index (χ3n) is 3.08. The van der Waals surface area contributed by atoms with E-state index in [9.17, 15) is 4.79 Å². The topological polar surface area (TPSA) is 72.3 Å². The highest BCUT2D eigenvalue weighted by molar-refractivity contribution is 5.87. The van der Waals surface area contributed by atoms with Gasteiger partial charge in [-0.2, -0.15) is 0 Å². The minimum absolute atomic E-state index is 0.135. The number of aromatic carboxylic acids is 1. The quantitative estimate of drug-likeness (QED) is 0.795. The van der Waals surface area contributed by atoms with Crippen LogP contribution in [0.3, 0.4) is 0 Å². The monoisotopic (exact) mass is 280 g/mol. The SMILES string of the molecule is Cc1cc(C(=O)O)cnc1Oc1cccc2cccnc12. The molecule has 0 fully saturated rings. The molecule has 1 N–H and O–H groups in total. The van der Waals surface area contributed by atoms with Crippen LogP contribution in [-0.2, 0) is 0 Å². The predicted octanol–water partition coefficient (Wildman–Crippen LogP) is 3.43. The van der Waals surface area contributed by atoms with Crippen LogP contribution >= 0.6 is 0 Å². The van der Waals surface area contributed by atoms with Crippen LogP contribution < -0.4 is 4.74 Å². The highest BCUT2D eigenvalue weighted by Gasteiger charge is 2.10. The molecule has 2 aromatic heterocycles. The number of carbonyl (C=O) groups is 1. The lowest BCUT2D eigenvalue weighted by molar-refractivity contribution is 0.0696. The number of carboxylic acids is 1. The van der Waals surface area contributed by atoms with Gasteiger partial charge in [-0.05, 0) is 25.1 Å². The van der Waals surface area contributed by atoms with Crippen molar-refractivity contribution in [3.05, 3.63) is 59.9 Å². The summed E-state index contributed by atoms with van der Waals surface area (Å²) < 4.78 is 5.79. The molecule has 0 aliphatic carbocycles. The fraction of sp³-hybridized carbons (Fsp3) is 0.0625. The summed E-state index contributed by atoms with van der Waals surface area (Å²) in [7, 11) is 0. The van der Waals surface area contributed by atoms with E-state index in [0.717, 1.165) is 10.9 Å². The first-order valence-corrected chi connectivity index (χ1v) is 6.36. The average molecular weight is 280 g/mol. The Bertz CT molecular complexity index is 825. The number of para-hydroxylation sites is 1. The van der Waals surface area contributed by atoms with E-state index in [1.165, 1.54) is 12.3 Å². The lowest BCUT2D eigenvalue weighted by Gasteiger charge is -2.09. The molecule has 0 spiro atoms. The van der Waals surface area contributed by atoms with Gasteiger partial charge in [0.2, 0.25) is 5.88 Å². The molecule has 5 heteroatoms. The van der Waals surface area contributed by atoms with Gasteiger partial charge in [0.25, 0.3) is 0 Å². The zero-order chi connectivity index (χ0) is 14.8. The van der Waals surface area contributed by atoms with Crippen LogP contribution in [0.2, 0.25) is 0 Å². The summed E-state index contributed by atoms with van der Waals surface area (Å²) in [6, 6.07) is 11.0. The van der Waals surface area contributed by atoms with Crippen LogP contribution in [0.5, 0.6) is 11.6 Å². The Morgan fingerprint density at radius 1 is 1.19 bits per heavy atom. The Labute approximate surface area is 120 Å². The molecular weight excluding hydrogens is 268 g/mol. The third-order valence-corrected chi connectivity index (χ3v) is 3.08. The highest BCUT2D eigenvalue weighted by Crippen LogP contribution is 2.29.